The number of imidazole rings is 1. The number of hydrogen-bond donors (Lipinski definition) is 1. The van der Waals surface area contributed by atoms with E-state index in [1.807, 2.05) is 12.1 Å². The predicted molar refractivity (Wildman–Crippen MR) is 65.0 cm³/mol. The SMILES string of the molecule is N#CC1(c2ncc(-c3ccc(Cl)s3)[nH]2)COC1. The molecule has 0 radical (unpaired) electrons. The van der Waals surface area contributed by atoms with E-state index >= 15 is 0 Å². The van der Waals surface area contributed by atoms with Crippen LogP contribution < -0.4 is 0 Å². The number of nitrogens with zero attached hydrogens (tertiary/aromatic N) is 2. The Morgan fingerprint density at radius 2 is 2.35 bits per heavy atom. The number of thiophene rings is 1. The topological polar surface area (TPSA) is 61.7 Å². The molecule has 0 aliphatic carbocycles. The van der Waals surface area contributed by atoms with Gasteiger partial charge in [0.25, 0.3) is 0 Å². The highest BCUT2D eigenvalue weighted by molar-refractivity contribution is 7.19. The lowest BCUT2D eigenvalue weighted by atomic mass is 9.87. The van der Waals surface area contributed by atoms with Gasteiger partial charge in [-0.3, -0.25) is 0 Å². The van der Waals surface area contributed by atoms with Crippen LogP contribution in [-0.2, 0) is 10.2 Å². The van der Waals surface area contributed by atoms with Crippen molar-refractivity contribution >= 4 is 22.9 Å². The van der Waals surface area contributed by atoms with Gasteiger partial charge in [0.2, 0.25) is 0 Å². The second-order valence-corrected chi connectivity index (χ2v) is 5.65. The zero-order valence-corrected chi connectivity index (χ0v) is 10.3. The minimum absolute atomic E-state index is 0.404. The van der Waals surface area contributed by atoms with Crippen LogP contribution in [0, 0.1) is 11.3 Å². The molecule has 4 nitrogen and oxygen atoms in total. The number of nitriles is 1. The van der Waals surface area contributed by atoms with E-state index in [2.05, 4.69) is 16.0 Å². The molecule has 3 rings (SSSR count). The first-order chi connectivity index (χ1) is 8.23. The van der Waals surface area contributed by atoms with Crippen LogP contribution in [0.1, 0.15) is 5.82 Å². The summed E-state index contributed by atoms with van der Waals surface area (Å²) in [5, 5.41) is 9.17. The molecule has 1 aliphatic heterocycles. The predicted octanol–water partition coefficient (Wildman–Crippen LogP) is 2.58. The molecule has 0 bridgehead atoms. The Morgan fingerprint density at radius 1 is 1.53 bits per heavy atom. The number of aromatic nitrogens is 2. The largest absolute Gasteiger partial charge is 0.377 e. The molecule has 0 spiro atoms. The van der Waals surface area contributed by atoms with E-state index < -0.39 is 5.41 Å². The summed E-state index contributed by atoms with van der Waals surface area (Å²) in [6.45, 7) is 0.809. The van der Waals surface area contributed by atoms with Gasteiger partial charge in [-0.2, -0.15) is 5.26 Å². The van der Waals surface area contributed by atoms with Gasteiger partial charge in [0.1, 0.15) is 5.82 Å². The van der Waals surface area contributed by atoms with Crippen molar-refractivity contribution < 1.29 is 4.74 Å². The number of hydrogen-bond acceptors (Lipinski definition) is 4. The van der Waals surface area contributed by atoms with E-state index in [0.29, 0.717) is 19.0 Å². The Hall–Kier alpha value is -1.35. The Kier molecular flexibility index (Phi) is 2.44. The number of halogens is 1. The molecule has 0 amide bonds. The van der Waals surface area contributed by atoms with Crippen molar-refractivity contribution in [3.05, 3.63) is 28.5 Å². The molecule has 1 fully saturated rings. The third kappa shape index (κ3) is 1.65. The van der Waals surface area contributed by atoms with Crippen molar-refractivity contribution in [1.82, 2.24) is 9.97 Å². The molecule has 0 saturated carbocycles. The minimum atomic E-state index is -0.598. The standard InChI is InChI=1S/C11H8ClN3OS/c12-9-2-1-8(17-9)7-3-14-10(15-7)11(4-13)5-16-6-11/h1-3H,5-6H2,(H,14,15). The van der Waals surface area contributed by atoms with Gasteiger partial charge in [0, 0.05) is 0 Å². The van der Waals surface area contributed by atoms with Crippen LogP contribution in [0.5, 0.6) is 0 Å². The number of aromatic amines is 1. The number of ether oxygens (including phenoxy) is 1. The molecule has 86 valence electrons. The molecule has 2 aromatic heterocycles. The van der Waals surface area contributed by atoms with Gasteiger partial charge in [-0.15, -0.1) is 11.3 Å². The molecule has 0 unspecified atom stereocenters. The molecule has 17 heavy (non-hydrogen) atoms. The van der Waals surface area contributed by atoms with Gasteiger partial charge < -0.3 is 9.72 Å². The molecule has 1 saturated heterocycles. The molecule has 0 aromatic carbocycles. The van der Waals surface area contributed by atoms with Crippen LogP contribution >= 0.6 is 22.9 Å². The van der Waals surface area contributed by atoms with E-state index in [0.717, 1.165) is 14.9 Å². The summed E-state index contributed by atoms with van der Waals surface area (Å²) in [4.78, 5) is 8.46. The van der Waals surface area contributed by atoms with Crippen molar-refractivity contribution in [3.8, 4) is 16.6 Å². The van der Waals surface area contributed by atoms with Gasteiger partial charge in [0.15, 0.2) is 5.41 Å². The molecule has 1 aliphatic rings. The van der Waals surface area contributed by atoms with Gasteiger partial charge in [-0.05, 0) is 12.1 Å². The quantitative estimate of drug-likeness (QED) is 0.908. The summed E-state index contributed by atoms with van der Waals surface area (Å²) in [7, 11) is 0. The normalized spacial score (nSPS) is 17.4. The zero-order chi connectivity index (χ0) is 11.9. The van der Waals surface area contributed by atoms with E-state index in [1.54, 1.807) is 6.20 Å². The van der Waals surface area contributed by atoms with Crippen molar-refractivity contribution in [1.29, 1.82) is 5.26 Å². The maximum absolute atomic E-state index is 9.17. The fourth-order valence-electron chi connectivity index (χ4n) is 1.71. The van der Waals surface area contributed by atoms with Crippen LogP contribution in [0.25, 0.3) is 10.6 Å². The average molecular weight is 266 g/mol. The lowest BCUT2D eigenvalue weighted by molar-refractivity contribution is -0.0335. The van der Waals surface area contributed by atoms with E-state index in [1.165, 1.54) is 11.3 Å². The van der Waals surface area contributed by atoms with Crippen LogP contribution in [0.3, 0.4) is 0 Å². The fourth-order valence-corrected chi connectivity index (χ4v) is 2.72. The Labute approximate surface area is 107 Å². The van der Waals surface area contributed by atoms with Crippen LogP contribution in [0.2, 0.25) is 4.34 Å². The maximum Gasteiger partial charge on any atom is 0.161 e. The first-order valence-electron chi connectivity index (χ1n) is 5.04. The summed E-state index contributed by atoms with van der Waals surface area (Å²) >= 11 is 7.36. The molecule has 0 atom stereocenters. The van der Waals surface area contributed by atoms with E-state index in [9.17, 15) is 0 Å². The van der Waals surface area contributed by atoms with Gasteiger partial charge in [-0.25, -0.2) is 4.98 Å². The highest BCUT2D eigenvalue weighted by atomic mass is 35.5. The number of nitrogens with one attached hydrogen (secondary N) is 1. The summed E-state index contributed by atoms with van der Waals surface area (Å²) in [5.41, 5.74) is 0.290. The first kappa shape index (κ1) is 10.8. The Bertz CT molecular complexity index is 594. The molecule has 3 heterocycles. The monoisotopic (exact) mass is 265 g/mol. The Morgan fingerprint density at radius 3 is 2.88 bits per heavy atom. The third-order valence-corrected chi connectivity index (χ3v) is 4.04. The second kappa shape index (κ2) is 3.84. The van der Waals surface area contributed by atoms with Crippen LogP contribution in [0.15, 0.2) is 18.3 Å². The van der Waals surface area contributed by atoms with Crippen LogP contribution in [-0.4, -0.2) is 23.2 Å². The molecule has 1 N–H and O–H groups in total. The van der Waals surface area contributed by atoms with Crippen molar-refractivity contribution in [2.75, 3.05) is 13.2 Å². The van der Waals surface area contributed by atoms with Crippen molar-refractivity contribution in [3.63, 3.8) is 0 Å². The van der Waals surface area contributed by atoms with Gasteiger partial charge in [-0.1, -0.05) is 11.6 Å². The maximum atomic E-state index is 9.17. The molecule has 6 heteroatoms. The van der Waals surface area contributed by atoms with E-state index in [-0.39, 0.29) is 0 Å². The van der Waals surface area contributed by atoms with Gasteiger partial charge in [0.05, 0.1) is 40.4 Å². The summed E-state index contributed by atoms with van der Waals surface area (Å²) < 4.78 is 5.84. The first-order valence-corrected chi connectivity index (χ1v) is 6.23. The molecule has 2 aromatic rings. The zero-order valence-electron chi connectivity index (χ0n) is 8.74. The average Bonchev–Trinajstić information content (AvgIpc) is 2.86. The fraction of sp³-hybridized carbons (Fsp3) is 0.273. The molecular formula is C11H8ClN3OS. The van der Waals surface area contributed by atoms with Gasteiger partial charge >= 0.3 is 0 Å². The number of rotatable bonds is 2. The summed E-state index contributed by atoms with van der Waals surface area (Å²) in [6, 6.07) is 6.03. The summed E-state index contributed by atoms with van der Waals surface area (Å²) in [5.74, 6) is 0.672. The van der Waals surface area contributed by atoms with Crippen LogP contribution in [0.4, 0.5) is 0 Å². The smallest absolute Gasteiger partial charge is 0.161 e. The van der Waals surface area contributed by atoms with E-state index in [4.69, 9.17) is 21.6 Å². The van der Waals surface area contributed by atoms with Crippen molar-refractivity contribution in [2.24, 2.45) is 0 Å². The lowest BCUT2D eigenvalue weighted by Crippen LogP contribution is -2.46. The lowest BCUT2D eigenvalue weighted by Gasteiger charge is -2.32. The second-order valence-electron chi connectivity index (χ2n) is 3.94. The highest BCUT2D eigenvalue weighted by Crippen LogP contribution is 2.33. The number of H-pyrrole nitrogens is 1. The third-order valence-electron chi connectivity index (χ3n) is 2.78. The Balaban J connectivity index is 1.96. The minimum Gasteiger partial charge on any atom is -0.377 e. The molecular weight excluding hydrogens is 258 g/mol. The summed E-state index contributed by atoms with van der Waals surface area (Å²) in [6.07, 6.45) is 1.73. The van der Waals surface area contributed by atoms with Crippen molar-refractivity contribution in [2.45, 2.75) is 5.41 Å². The highest BCUT2D eigenvalue weighted by Gasteiger charge is 2.43.